The van der Waals surface area contributed by atoms with Crippen molar-refractivity contribution in [2.45, 2.75) is 57.9 Å². The number of ether oxygens (including phenoxy) is 2. The number of halogens is 4. The lowest BCUT2D eigenvalue weighted by atomic mass is 9.97. The van der Waals surface area contributed by atoms with Crippen LogP contribution in [0, 0.1) is 6.92 Å². The number of nitrogens with zero attached hydrogens (tertiary/aromatic N) is 4. The van der Waals surface area contributed by atoms with Gasteiger partial charge in [0.25, 0.3) is 0 Å². The topological polar surface area (TPSA) is 113 Å². The highest BCUT2D eigenvalue weighted by Gasteiger charge is 2.35. The van der Waals surface area contributed by atoms with Crippen molar-refractivity contribution in [3.05, 3.63) is 61.3 Å². The highest BCUT2D eigenvalue weighted by atomic mass is 79.9. The van der Waals surface area contributed by atoms with E-state index in [0.29, 0.717) is 37.2 Å². The Kier molecular flexibility index (Phi) is 8.49. The summed E-state index contributed by atoms with van der Waals surface area (Å²) in [5.41, 5.74) is 1.14. The van der Waals surface area contributed by atoms with Crippen LogP contribution in [0.3, 0.4) is 0 Å². The van der Waals surface area contributed by atoms with Gasteiger partial charge in [0.05, 0.1) is 24.5 Å². The van der Waals surface area contributed by atoms with Crippen molar-refractivity contribution >= 4 is 43.3 Å². The first-order valence-electron chi connectivity index (χ1n) is 12.6. The van der Waals surface area contributed by atoms with Crippen molar-refractivity contribution in [3.63, 3.8) is 0 Å². The second-order valence-electron chi connectivity index (χ2n) is 9.84. The molecule has 2 aliphatic rings. The Labute approximate surface area is 246 Å². The van der Waals surface area contributed by atoms with Crippen LogP contribution in [-0.2, 0) is 50.3 Å². The minimum absolute atomic E-state index is 0.0534. The summed E-state index contributed by atoms with van der Waals surface area (Å²) in [6, 6.07) is 4.18. The molecule has 222 valence electrons. The smallest absolute Gasteiger partial charge is 0.382 e. The largest absolute Gasteiger partial charge is 0.435 e. The van der Waals surface area contributed by atoms with Gasteiger partial charge < -0.3 is 18.6 Å². The maximum atomic E-state index is 12.9. The molecule has 0 bridgehead atoms. The minimum Gasteiger partial charge on any atom is -0.382 e. The molecule has 1 unspecified atom stereocenters. The van der Waals surface area contributed by atoms with E-state index < -0.39 is 28.3 Å². The SMILES string of the molecule is Cc1cc(C(F)(F)F)nn1CC(=O)N1CCC(c2nc(C3OCc4c(Br)ccc(OS(C)(=O)=O)c4CO3)cs2)CC1. The molecule has 2 aromatic heterocycles. The fourth-order valence-corrected chi connectivity index (χ4v) is 6.70. The van der Waals surface area contributed by atoms with Crippen LogP contribution in [0.1, 0.15) is 58.3 Å². The van der Waals surface area contributed by atoms with E-state index in [4.69, 9.17) is 18.6 Å². The molecule has 1 atom stereocenters. The number of likely N-dealkylation sites (tertiary alicyclic amines) is 1. The number of alkyl halides is 3. The number of benzene rings is 1. The molecule has 2 aliphatic heterocycles. The van der Waals surface area contributed by atoms with Crippen molar-refractivity contribution in [3.8, 4) is 5.75 Å². The van der Waals surface area contributed by atoms with Crippen LogP contribution in [0.5, 0.6) is 5.75 Å². The van der Waals surface area contributed by atoms with Crippen molar-refractivity contribution < 1.29 is 40.0 Å². The molecule has 5 rings (SSSR count). The highest BCUT2D eigenvalue weighted by molar-refractivity contribution is 9.10. The molecule has 1 amide bonds. The van der Waals surface area contributed by atoms with Crippen molar-refractivity contribution in [1.29, 1.82) is 0 Å². The summed E-state index contributed by atoms with van der Waals surface area (Å²) in [5, 5.41) is 6.28. The van der Waals surface area contributed by atoms with Gasteiger partial charge in [0.2, 0.25) is 12.2 Å². The van der Waals surface area contributed by atoms with Crippen LogP contribution in [0.4, 0.5) is 13.2 Å². The monoisotopic (exact) mass is 678 g/mol. The Morgan fingerprint density at radius 1 is 1.20 bits per heavy atom. The van der Waals surface area contributed by atoms with E-state index in [-0.39, 0.29) is 43.0 Å². The van der Waals surface area contributed by atoms with Gasteiger partial charge in [-0.1, -0.05) is 15.9 Å². The summed E-state index contributed by atoms with van der Waals surface area (Å²) in [4.78, 5) is 19.2. The molecule has 1 fully saturated rings. The minimum atomic E-state index is -4.56. The van der Waals surface area contributed by atoms with Crippen molar-refractivity contribution in [2.24, 2.45) is 0 Å². The number of amides is 1. The fraction of sp³-hybridized carbons (Fsp3) is 0.480. The van der Waals surface area contributed by atoms with Gasteiger partial charge in [-0.25, -0.2) is 4.98 Å². The summed E-state index contributed by atoms with van der Waals surface area (Å²) >= 11 is 4.94. The molecular weight excluding hydrogens is 653 g/mol. The molecule has 0 radical (unpaired) electrons. The van der Waals surface area contributed by atoms with Crippen LogP contribution in [0.2, 0.25) is 0 Å². The summed E-state index contributed by atoms with van der Waals surface area (Å²) < 4.78 is 81.2. The molecule has 0 spiro atoms. The van der Waals surface area contributed by atoms with Crippen molar-refractivity contribution in [1.82, 2.24) is 19.7 Å². The second kappa shape index (κ2) is 11.6. The zero-order valence-corrected chi connectivity index (χ0v) is 25.2. The van der Waals surface area contributed by atoms with E-state index in [1.165, 1.54) is 18.3 Å². The number of fused-ring (bicyclic) bond motifs is 1. The number of thiazole rings is 1. The number of aryl methyl sites for hydroxylation is 1. The van der Waals surface area contributed by atoms with E-state index in [1.54, 1.807) is 17.0 Å². The van der Waals surface area contributed by atoms with Gasteiger partial charge in [0.1, 0.15) is 18.0 Å². The third kappa shape index (κ3) is 6.93. The molecule has 0 saturated carbocycles. The summed E-state index contributed by atoms with van der Waals surface area (Å²) in [6.45, 7) is 2.34. The number of carbonyl (C=O) groups excluding carboxylic acids is 1. The molecule has 0 N–H and O–H groups in total. The predicted molar refractivity (Wildman–Crippen MR) is 145 cm³/mol. The molecular formula is C25H26BrF3N4O6S2. The van der Waals surface area contributed by atoms with Gasteiger partial charge >= 0.3 is 16.3 Å². The standard InChI is InChI=1S/C25H26BrF3N4O6S2/c1-14-9-21(25(27,28)29)31-33(14)10-22(34)32-7-5-15(6-8-32)23-30-19(13-40-23)24-37-11-16-17(12-38-24)20(4-3-18(16)26)39-41(2,35)36/h3-4,9,13,15,24H,5-8,10-12H2,1-2H3. The van der Waals surface area contributed by atoms with Crippen LogP contribution in [0.15, 0.2) is 28.1 Å². The molecule has 10 nitrogen and oxygen atoms in total. The van der Waals surface area contributed by atoms with Crippen LogP contribution in [0.25, 0.3) is 0 Å². The number of hydrogen-bond donors (Lipinski definition) is 0. The summed E-state index contributed by atoms with van der Waals surface area (Å²) in [5.74, 6) is 0.0000879. The second-order valence-corrected chi connectivity index (χ2v) is 13.2. The van der Waals surface area contributed by atoms with E-state index in [9.17, 15) is 26.4 Å². The Morgan fingerprint density at radius 2 is 1.88 bits per heavy atom. The Morgan fingerprint density at radius 3 is 2.51 bits per heavy atom. The van der Waals surface area contributed by atoms with E-state index in [1.807, 2.05) is 5.38 Å². The quantitative estimate of drug-likeness (QED) is 0.338. The lowest BCUT2D eigenvalue weighted by Gasteiger charge is -2.31. The van der Waals surface area contributed by atoms with E-state index >= 15 is 0 Å². The average Bonchev–Trinajstić information content (AvgIpc) is 3.46. The lowest BCUT2D eigenvalue weighted by molar-refractivity contribution is -0.155. The predicted octanol–water partition coefficient (Wildman–Crippen LogP) is 4.92. The number of piperidine rings is 1. The maximum Gasteiger partial charge on any atom is 0.435 e. The summed E-state index contributed by atoms with van der Waals surface area (Å²) in [6.07, 6.45) is -3.05. The number of hydrogen-bond acceptors (Lipinski definition) is 9. The first-order valence-corrected chi connectivity index (χ1v) is 16.0. The molecule has 1 aromatic carbocycles. The normalized spacial score (nSPS) is 18.7. The number of rotatable bonds is 6. The molecule has 0 aliphatic carbocycles. The third-order valence-electron chi connectivity index (χ3n) is 6.87. The Bertz CT molecular complexity index is 1550. The number of aromatic nitrogens is 3. The molecule has 1 saturated heterocycles. The molecule has 16 heteroatoms. The summed E-state index contributed by atoms with van der Waals surface area (Å²) in [7, 11) is -3.73. The maximum absolute atomic E-state index is 12.9. The molecule has 3 aromatic rings. The zero-order chi connectivity index (χ0) is 29.5. The van der Waals surface area contributed by atoms with Gasteiger partial charge in [-0.05, 0) is 38.0 Å². The molecule has 41 heavy (non-hydrogen) atoms. The number of carbonyl (C=O) groups is 1. The van der Waals surface area contributed by atoms with Crippen LogP contribution >= 0.6 is 27.3 Å². The zero-order valence-electron chi connectivity index (χ0n) is 22.0. The first-order chi connectivity index (χ1) is 19.3. The van der Waals surface area contributed by atoms with E-state index in [0.717, 1.165) is 32.0 Å². The first kappa shape index (κ1) is 29.9. The molecule has 4 heterocycles. The van der Waals surface area contributed by atoms with Gasteiger partial charge in [0.15, 0.2) is 5.69 Å². The lowest BCUT2D eigenvalue weighted by Crippen LogP contribution is -2.40. The average molecular weight is 680 g/mol. The fourth-order valence-electron chi connectivity index (χ4n) is 4.74. The third-order valence-corrected chi connectivity index (χ3v) is 9.12. The van der Waals surface area contributed by atoms with Crippen molar-refractivity contribution in [2.75, 3.05) is 19.3 Å². The van der Waals surface area contributed by atoms with Gasteiger partial charge in [-0.3, -0.25) is 9.48 Å². The van der Waals surface area contributed by atoms with Gasteiger partial charge in [-0.15, -0.1) is 11.3 Å². The van der Waals surface area contributed by atoms with Crippen LogP contribution < -0.4 is 4.18 Å². The Hall–Kier alpha value is -2.53. The van der Waals surface area contributed by atoms with Gasteiger partial charge in [-0.2, -0.15) is 26.7 Å². The van der Waals surface area contributed by atoms with Gasteiger partial charge in [0, 0.05) is 45.7 Å². The van der Waals surface area contributed by atoms with Crippen LogP contribution in [-0.4, -0.2) is 53.3 Å². The Balaban J connectivity index is 1.19. The highest BCUT2D eigenvalue weighted by Crippen LogP contribution is 2.38. The van der Waals surface area contributed by atoms with E-state index in [2.05, 4.69) is 21.0 Å².